The lowest BCUT2D eigenvalue weighted by atomic mass is 10.0. The fraction of sp³-hybridized carbons (Fsp3) is 0.125. The number of esters is 1. The number of hydrogen-bond donors (Lipinski definition) is 1. The smallest absolute Gasteiger partial charge is 0.328 e. The summed E-state index contributed by atoms with van der Waals surface area (Å²) in [5, 5.41) is 3.44. The number of nitrogens with one attached hydrogen (secondary N) is 1. The molecule has 0 saturated carbocycles. The van der Waals surface area contributed by atoms with E-state index in [1.165, 1.54) is 13.2 Å². The normalized spacial score (nSPS) is 11.6. The van der Waals surface area contributed by atoms with Crippen LogP contribution in [0.25, 0.3) is 17.2 Å². The van der Waals surface area contributed by atoms with E-state index in [0.717, 1.165) is 33.6 Å². The Bertz CT molecular complexity index is 1370. The number of methoxy groups -OCH3 is 1. The number of rotatable bonds is 10. The molecular formula is C32H28ClNO4. The molecule has 5 nitrogen and oxygen atoms in total. The molecule has 0 fully saturated rings. The molecule has 0 heterocycles. The van der Waals surface area contributed by atoms with Gasteiger partial charge < -0.3 is 14.8 Å². The summed E-state index contributed by atoms with van der Waals surface area (Å²) in [5.41, 5.74) is 4.91. The summed E-state index contributed by atoms with van der Waals surface area (Å²) in [4.78, 5) is 24.9. The summed E-state index contributed by atoms with van der Waals surface area (Å²) < 4.78 is 10.7. The van der Waals surface area contributed by atoms with E-state index in [0.29, 0.717) is 18.1 Å². The molecule has 0 aliphatic carbocycles. The molecule has 1 amide bonds. The SMILES string of the molecule is COC(=O)[C@H](Cc1ccc(OCc2ccccc2)cc1)NC(=O)C=Cc1ccc(-c2ccc(Cl)cc2)cc1. The lowest BCUT2D eigenvalue weighted by molar-refractivity contribution is -0.144. The Morgan fingerprint density at radius 1 is 0.816 bits per heavy atom. The van der Waals surface area contributed by atoms with Crippen molar-refractivity contribution in [1.82, 2.24) is 5.32 Å². The van der Waals surface area contributed by atoms with Gasteiger partial charge in [-0.25, -0.2) is 4.79 Å². The van der Waals surface area contributed by atoms with Gasteiger partial charge in [-0.3, -0.25) is 4.79 Å². The molecule has 0 aromatic heterocycles. The Morgan fingerprint density at radius 3 is 2.08 bits per heavy atom. The van der Waals surface area contributed by atoms with Crippen LogP contribution >= 0.6 is 11.6 Å². The van der Waals surface area contributed by atoms with E-state index >= 15 is 0 Å². The van der Waals surface area contributed by atoms with Crippen molar-refractivity contribution in [2.24, 2.45) is 0 Å². The van der Waals surface area contributed by atoms with Crippen molar-refractivity contribution >= 4 is 29.6 Å². The molecule has 1 atom stereocenters. The van der Waals surface area contributed by atoms with E-state index < -0.39 is 12.0 Å². The molecule has 1 N–H and O–H groups in total. The topological polar surface area (TPSA) is 64.6 Å². The number of carbonyl (C=O) groups excluding carboxylic acids is 2. The van der Waals surface area contributed by atoms with Crippen LogP contribution in [0.3, 0.4) is 0 Å². The van der Waals surface area contributed by atoms with Gasteiger partial charge in [0.15, 0.2) is 0 Å². The van der Waals surface area contributed by atoms with Crippen LogP contribution in [-0.4, -0.2) is 25.0 Å². The van der Waals surface area contributed by atoms with E-state index in [2.05, 4.69) is 5.32 Å². The Balaban J connectivity index is 1.33. The Hall–Kier alpha value is -4.35. The fourth-order valence-electron chi connectivity index (χ4n) is 3.85. The highest BCUT2D eigenvalue weighted by molar-refractivity contribution is 6.30. The van der Waals surface area contributed by atoms with Gasteiger partial charge in [0.05, 0.1) is 7.11 Å². The van der Waals surface area contributed by atoms with Gasteiger partial charge in [0.25, 0.3) is 0 Å². The van der Waals surface area contributed by atoms with Crippen LogP contribution in [0.4, 0.5) is 0 Å². The summed E-state index contributed by atoms with van der Waals surface area (Å²) in [7, 11) is 1.31. The highest BCUT2D eigenvalue weighted by Crippen LogP contribution is 2.22. The van der Waals surface area contributed by atoms with Gasteiger partial charge in [-0.2, -0.15) is 0 Å². The molecule has 0 aliphatic rings. The van der Waals surface area contributed by atoms with Gasteiger partial charge in [-0.05, 0) is 58.2 Å². The van der Waals surface area contributed by atoms with Crippen LogP contribution < -0.4 is 10.1 Å². The first-order valence-corrected chi connectivity index (χ1v) is 12.6. The lowest BCUT2D eigenvalue weighted by Crippen LogP contribution is -2.42. The third-order valence-corrected chi connectivity index (χ3v) is 6.18. The number of benzene rings is 4. The third-order valence-electron chi connectivity index (χ3n) is 5.93. The van der Waals surface area contributed by atoms with Gasteiger partial charge in [-0.1, -0.05) is 90.5 Å². The molecule has 0 unspecified atom stereocenters. The maximum Gasteiger partial charge on any atom is 0.328 e. The second-order valence-electron chi connectivity index (χ2n) is 8.67. The molecule has 0 aliphatic heterocycles. The first-order chi connectivity index (χ1) is 18.5. The summed E-state index contributed by atoms with van der Waals surface area (Å²) in [5.74, 6) is -0.172. The number of amides is 1. The van der Waals surface area contributed by atoms with Crippen molar-refractivity contribution in [3.63, 3.8) is 0 Å². The summed E-state index contributed by atoms with van der Waals surface area (Å²) in [6, 6.07) is 32.0. The predicted octanol–water partition coefficient (Wildman–Crippen LogP) is 6.50. The minimum atomic E-state index is -0.819. The third kappa shape index (κ3) is 7.82. The molecule has 38 heavy (non-hydrogen) atoms. The van der Waals surface area contributed by atoms with Crippen LogP contribution in [0.1, 0.15) is 16.7 Å². The van der Waals surface area contributed by atoms with E-state index in [-0.39, 0.29) is 5.91 Å². The van der Waals surface area contributed by atoms with Crippen molar-refractivity contribution in [3.8, 4) is 16.9 Å². The molecule has 6 heteroatoms. The zero-order valence-electron chi connectivity index (χ0n) is 21.0. The average molecular weight is 526 g/mol. The van der Waals surface area contributed by atoms with Crippen LogP contribution in [0, 0.1) is 0 Å². The molecule has 4 aromatic carbocycles. The lowest BCUT2D eigenvalue weighted by Gasteiger charge is -2.16. The Kier molecular flexibility index (Phi) is 9.32. The van der Waals surface area contributed by atoms with Crippen LogP contribution in [0.15, 0.2) is 109 Å². The van der Waals surface area contributed by atoms with E-state index in [1.54, 1.807) is 6.08 Å². The van der Waals surface area contributed by atoms with Crippen molar-refractivity contribution in [2.45, 2.75) is 19.1 Å². The maximum absolute atomic E-state index is 12.6. The maximum atomic E-state index is 12.6. The molecule has 0 saturated heterocycles. The molecule has 4 aromatic rings. The minimum absolute atomic E-state index is 0.293. The van der Waals surface area contributed by atoms with Crippen LogP contribution in [-0.2, 0) is 27.4 Å². The van der Waals surface area contributed by atoms with E-state index in [9.17, 15) is 9.59 Å². The predicted molar refractivity (Wildman–Crippen MR) is 151 cm³/mol. The number of carbonyl (C=O) groups is 2. The van der Waals surface area contributed by atoms with Gasteiger partial charge in [-0.15, -0.1) is 0 Å². The second kappa shape index (κ2) is 13.3. The zero-order chi connectivity index (χ0) is 26.7. The summed E-state index contributed by atoms with van der Waals surface area (Å²) in [6.45, 7) is 0.469. The van der Waals surface area contributed by atoms with Gasteiger partial charge in [0, 0.05) is 17.5 Å². The highest BCUT2D eigenvalue weighted by atomic mass is 35.5. The van der Waals surface area contributed by atoms with Crippen molar-refractivity contribution in [1.29, 1.82) is 0 Å². The van der Waals surface area contributed by atoms with Gasteiger partial charge >= 0.3 is 5.97 Å². The molecule has 0 spiro atoms. The molecule has 0 radical (unpaired) electrons. The van der Waals surface area contributed by atoms with Crippen molar-refractivity contribution in [3.05, 3.63) is 131 Å². The van der Waals surface area contributed by atoms with Crippen molar-refractivity contribution < 1.29 is 19.1 Å². The van der Waals surface area contributed by atoms with Gasteiger partial charge in [0.1, 0.15) is 18.4 Å². The van der Waals surface area contributed by atoms with Crippen LogP contribution in [0.5, 0.6) is 5.75 Å². The van der Waals surface area contributed by atoms with Crippen LogP contribution in [0.2, 0.25) is 5.02 Å². The molecule has 0 bridgehead atoms. The zero-order valence-corrected chi connectivity index (χ0v) is 21.7. The average Bonchev–Trinajstić information content (AvgIpc) is 2.96. The van der Waals surface area contributed by atoms with E-state index in [1.807, 2.05) is 103 Å². The standard InChI is InChI=1S/C32H28ClNO4/c1-37-32(36)30(21-24-9-18-29(19-10-24)38-22-25-5-3-2-4-6-25)34-31(35)20-11-23-7-12-26(13-8-23)27-14-16-28(33)17-15-27/h2-20,30H,21-22H2,1H3,(H,34,35)/t30-/m0/s1. The Morgan fingerprint density at radius 2 is 1.45 bits per heavy atom. The van der Waals surface area contributed by atoms with Gasteiger partial charge in [0.2, 0.25) is 5.91 Å². The van der Waals surface area contributed by atoms with Crippen molar-refractivity contribution in [2.75, 3.05) is 7.11 Å². The molecule has 4 rings (SSSR count). The number of halogens is 1. The highest BCUT2D eigenvalue weighted by Gasteiger charge is 2.21. The molecular weight excluding hydrogens is 498 g/mol. The second-order valence-corrected chi connectivity index (χ2v) is 9.11. The van der Waals surface area contributed by atoms with E-state index in [4.69, 9.17) is 21.1 Å². The quantitative estimate of drug-likeness (QED) is 0.189. The summed E-state index contributed by atoms with van der Waals surface area (Å²) >= 11 is 5.96. The molecule has 192 valence electrons. The summed E-state index contributed by atoms with van der Waals surface area (Å²) in [6.07, 6.45) is 3.41. The number of ether oxygens (including phenoxy) is 2. The fourth-order valence-corrected chi connectivity index (χ4v) is 3.98. The first kappa shape index (κ1) is 26.7. The first-order valence-electron chi connectivity index (χ1n) is 12.2. The largest absolute Gasteiger partial charge is 0.489 e. The minimum Gasteiger partial charge on any atom is -0.489 e. The monoisotopic (exact) mass is 525 g/mol. The number of hydrogen-bond acceptors (Lipinski definition) is 4. The Labute approximate surface area is 227 Å².